The molecule has 0 spiro atoms. The van der Waals surface area contributed by atoms with Gasteiger partial charge in [-0.2, -0.15) is 0 Å². The molecule has 0 radical (unpaired) electrons. The Kier molecular flexibility index (Phi) is 6.59. The summed E-state index contributed by atoms with van der Waals surface area (Å²) in [6.07, 6.45) is 0. The molecule has 0 aromatic carbocycles. The molecule has 0 saturated carbocycles. The topological polar surface area (TPSA) is 30.5 Å². The van der Waals surface area contributed by atoms with Gasteiger partial charge < -0.3 is 14.8 Å². The van der Waals surface area contributed by atoms with Crippen LogP contribution in [0.25, 0.3) is 0 Å². The van der Waals surface area contributed by atoms with E-state index in [9.17, 15) is 0 Å². The average Bonchev–Trinajstić information content (AvgIpc) is 2.76. The summed E-state index contributed by atoms with van der Waals surface area (Å²) >= 11 is 1.76. The highest BCUT2D eigenvalue weighted by molar-refractivity contribution is 7.10. The van der Waals surface area contributed by atoms with Gasteiger partial charge in [0.15, 0.2) is 0 Å². The second-order valence-electron chi connectivity index (χ2n) is 3.19. The molecule has 0 bridgehead atoms. The first kappa shape index (κ1) is 12.6. The van der Waals surface area contributed by atoms with Gasteiger partial charge in [-0.05, 0) is 18.0 Å². The number of likely N-dealkylation sites (N-methyl/N-ethyl adjacent to an activating group) is 1. The van der Waals surface area contributed by atoms with Crippen LogP contribution in [0.4, 0.5) is 0 Å². The van der Waals surface area contributed by atoms with E-state index in [4.69, 9.17) is 9.47 Å². The van der Waals surface area contributed by atoms with E-state index in [-0.39, 0.29) is 0 Å². The van der Waals surface area contributed by atoms with Crippen molar-refractivity contribution in [3.8, 4) is 0 Å². The summed E-state index contributed by atoms with van der Waals surface area (Å²) in [5, 5.41) is 5.50. The van der Waals surface area contributed by atoms with E-state index in [0.717, 1.165) is 6.54 Å². The Morgan fingerprint density at radius 1 is 1.47 bits per heavy atom. The Balaban J connectivity index is 2.31. The van der Waals surface area contributed by atoms with Crippen LogP contribution in [-0.4, -0.2) is 33.5 Å². The van der Waals surface area contributed by atoms with Crippen LogP contribution in [0.15, 0.2) is 17.5 Å². The van der Waals surface area contributed by atoms with Crippen LogP contribution in [0.2, 0.25) is 0 Å². The second kappa shape index (κ2) is 7.82. The van der Waals surface area contributed by atoms with Gasteiger partial charge in [0.1, 0.15) is 0 Å². The highest BCUT2D eigenvalue weighted by atomic mass is 32.1. The average molecular weight is 229 g/mol. The molecule has 4 heteroatoms. The van der Waals surface area contributed by atoms with Crippen LogP contribution < -0.4 is 5.32 Å². The van der Waals surface area contributed by atoms with Crippen LogP contribution >= 0.6 is 11.3 Å². The van der Waals surface area contributed by atoms with Crippen molar-refractivity contribution in [3.05, 3.63) is 22.4 Å². The van der Waals surface area contributed by atoms with E-state index in [2.05, 4.69) is 29.8 Å². The first-order valence-corrected chi connectivity index (χ1v) is 6.10. The molecule has 86 valence electrons. The normalized spacial score (nSPS) is 12.9. The summed E-state index contributed by atoms with van der Waals surface area (Å²) in [6.45, 7) is 5.08. The maximum Gasteiger partial charge on any atom is 0.0701 e. The highest BCUT2D eigenvalue weighted by Gasteiger charge is 2.10. The Morgan fingerprint density at radius 3 is 2.93 bits per heavy atom. The Labute approximate surface area is 95.4 Å². The van der Waals surface area contributed by atoms with Crippen molar-refractivity contribution in [1.29, 1.82) is 0 Å². The largest absolute Gasteiger partial charge is 0.382 e. The summed E-state index contributed by atoms with van der Waals surface area (Å²) in [4.78, 5) is 1.33. The van der Waals surface area contributed by atoms with Crippen LogP contribution in [0.3, 0.4) is 0 Å². The third-order valence-corrected chi connectivity index (χ3v) is 3.04. The van der Waals surface area contributed by atoms with E-state index in [1.165, 1.54) is 4.88 Å². The van der Waals surface area contributed by atoms with E-state index in [1.807, 2.05) is 0 Å². The van der Waals surface area contributed by atoms with Gasteiger partial charge in [-0.1, -0.05) is 13.0 Å². The van der Waals surface area contributed by atoms with Crippen molar-refractivity contribution in [1.82, 2.24) is 5.32 Å². The minimum absolute atomic E-state index is 0.312. The fraction of sp³-hybridized carbons (Fsp3) is 0.636. The predicted octanol–water partition coefficient (Wildman–Crippen LogP) is 2.06. The standard InChI is InChI=1S/C11H19NO2S/c1-3-12-10(9-14-7-6-13-2)11-5-4-8-15-11/h4-5,8,10,12H,3,6-7,9H2,1-2H3. The summed E-state index contributed by atoms with van der Waals surface area (Å²) in [6, 6.07) is 4.52. The third kappa shape index (κ3) is 4.75. The van der Waals surface area contributed by atoms with E-state index in [0.29, 0.717) is 25.9 Å². The highest BCUT2D eigenvalue weighted by Crippen LogP contribution is 2.18. The van der Waals surface area contributed by atoms with Gasteiger partial charge in [0, 0.05) is 12.0 Å². The first-order valence-electron chi connectivity index (χ1n) is 5.22. The van der Waals surface area contributed by atoms with Gasteiger partial charge in [-0.3, -0.25) is 0 Å². The molecule has 0 aliphatic carbocycles. The number of methoxy groups -OCH3 is 1. The lowest BCUT2D eigenvalue weighted by Crippen LogP contribution is -2.25. The number of ether oxygens (including phenoxy) is 2. The molecule has 15 heavy (non-hydrogen) atoms. The zero-order valence-electron chi connectivity index (χ0n) is 9.36. The maximum atomic E-state index is 5.53. The first-order chi connectivity index (χ1) is 7.38. The minimum Gasteiger partial charge on any atom is -0.382 e. The molecule has 0 aliphatic heterocycles. The number of nitrogens with one attached hydrogen (secondary N) is 1. The van der Waals surface area contributed by atoms with Gasteiger partial charge in [-0.15, -0.1) is 11.3 Å². The molecule has 0 aliphatic rings. The number of thiophene rings is 1. The lowest BCUT2D eigenvalue weighted by Gasteiger charge is -2.16. The lowest BCUT2D eigenvalue weighted by atomic mass is 10.2. The Hall–Kier alpha value is -0.420. The van der Waals surface area contributed by atoms with Crippen molar-refractivity contribution in [3.63, 3.8) is 0 Å². The molecular weight excluding hydrogens is 210 g/mol. The smallest absolute Gasteiger partial charge is 0.0701 e. The van der Waals surface area contributed by atoms with Crippen LogP contribution in [0, 0.1) is 0 Å². The van der Waals surface area contributed by atoms with Gasteiger partial charge in [0.05, 0.1) is 25.9 Å². The molecular formula is C11H19NO2S. The zero-order chi connectivity index (χ0) is 10.9. The maximum absolute atomic E-state index is 5.53. The van der Waals surface area contributed by atoms with E-state index >= 15 is 0 Å². The summed E-state index contributed by atoms with van der Waals surface area (Å²) < 4.78 is 10.5. The van der Waals surface area contributed by atoms with Crippen molar-refractivity contribution in [2.75, 3.05) is 33.5 Å². The van der Waals surface area contributed by atoms with Crippen molar-refractivity contribution in [2.45, 2.75) is 13.0 Å². The van der Waals surface area contributed by atoms with Crippen molar-refractivity contribution in [2.24, 2.45) is 0 Å². The molecule has 0 saturated heterocycles. The van der Waals surface area contributed by atoms with Crippen LogP contribution in [0.5, 0.6) is 0 Å². The van der Waals surface area contributed by atoms with Gasteiger partial charge in [-0.25, -0.2) is 0 Å². The number of rotatable bonds is 8. The monoisotopic (exact) mass is 229 g/mol. The quantitative estimate of drug-likeness (QED) is 0.692. The summed E-state index contributed by atoms with van der Waals surface area (Å²) in [7, 11) is 1.68. The molecule has 1 unspecified atom stereocenters. The Morgan fingerprint density at radius 2 is 2.33 bits per heavy atom. The predicted molar refractivity (Wildman–Crippen MR) is 63.4 cm³/mol. The molecule has 0 fully saturated rings. The second-order valence-corrected chi connectivity index (χ2v) is 4.17. The van der Waals surface area contributed by atoms with E-state index < -0.39 is 0 Å². The summed E-state index contributed by atoms with van der Waals surface area (Å²) in [5.41, 5.74) is 0. The zero-order valence-corrected chi connectivity index (χ0v) is 10.2. The minimum atomic E-state index is 0.312. The van der Waals surface area contributed by atoms with Crippen LogP contribution in [0.1, 0.15) is 17.8 Å². The summed E-state index contributed by atoms with van der Waals surface area (Å²) in [5.74, 6) is 0. The fourth-order valence-electron chi connectivity index (χ4n) is 1.32. The van der Waals surface area contributed by atoms with Crippen LogP contribution in [-0.2, 0) is 9.47 Å². The molecule has 1 heterocycles. The molecule has 0 amide bonds. The fourth-order valence-corrected chi connectivity index (χ4v) is 2.11. The molecule has 1 aromatic heterocycles. The van der Waals surface area contributed by atoms with E-state index in [1.54, 1.807) is 18.4 Å². The van der Waals surface area contributed by atoms with Gasteiger partial charge in [0.25, 0.3) is 0 Å². The molecule has 1 aromatic rings. The van der Waals surface area contributed by atoms with Crippen molar-refractivity contribution >= 4 is 11.3 Å². The SMILES string of the molecule is CCNC(COCCOC)c1cccs1. The third-order valence-electron chi connectivity index (χ3n) is 2.05. The number of hydrogen-bond acceptors (Lipinski definition) is 4. The van der Waals surface area contributed by atoms with Crippen molar-refractivity contribution < 1.29 is 9.47 Å². The van der Waals surface area contributed by atoms with Gasteiger partial charge >= 0.3 is 0 Å². The number of hydrogen-bond donors (Lipinski definition) is 1. The molecule has 3 nitrogen and oxygen atoms in total. The molecule has 1 atom stereocenters. The Bertz CT molecular complexity index is 239. The molecule has 1 N–H and O–H groups in total. The molecule has 1 rings (SSSR count). The van der Waals surface area contributed by atoms with Gasteiger partial charge in [0.2, 0.25) is 0 Å². The lowest BCUT2D eigenvalue weighted by molar-refractivity contribution is 0.0592.